The van der Waals surface area contributed by atoms with Gasteiger partial charge in [0.2, 0.25) is 0 Å². The summed E-state index contributed by atoms with van der Waals surface area (Å²) < 4.78 is 5.36. The number of amides is 2. The predicted molar refractivity (Wildman–Crippen MR) is 100 cm³/mol. The van der Waals surface area contributed by atoms with Crippen molar-refractivity contribution in [3.8, 4) is 0 Å². The Morgan fingerprint density at radius 2 is 1.88 bits per heavy atom. The van der Waals surface area contributed by atoms with Crippen LogP contribution in [0.5, 0.6) is 0 Å². The average molecular weight is 346 g/mol. The number of morpholine rings is 1. The number of hydrogen-bond donors (Lipinski definition) is 1. The van der Waals surface area contributed by atoms with Gasteiger partial charge in [-0.3, -0.25) is 4.90 Å². The van der Waals surface area contributed by atoms with Crippen LogP contribution in [0.3, 0.4) is 0 Å². The maximum Gasteiger partial charge on any atom is 0.317 e. The molecule has 0 aliphatic carbocycles. The third-order valence-electron chi connectivity index (χ3n) is 5.07. The van der Waals surface area contributed by atoms with E-state index in [1.165, 1.54) is 24.1 Å². The molecule has 0 aromatic heterocycles. The molecule has 2 heterocycles. The maximum absolute atomic E-state index is 12.4. The van der Waals surface area contributed by atoms with Gasteiger partial charge < -0.3 is 19.9 Å². The minimum Gasteiger partial charge on any atom is -0.379 e. The summed E-state index contributed by atoms with van der Waals surface area (Å²) in [5.41, 5.74) is 2.45. The van der Waals surface area contributed by atoms with Crippen molar-refractivity contribution < 1.29 is 9.53 Å². The molecule has 0 spiro atoms. The summed E-state index contributed by atoms with van der Waals surface area (Å²) >= 11 is 0. The SMILES string of the molecule is CN(CCN1CCOCC1)C(=O)NCc1ccccc1N1CCCC1. The van der Waals surface area contributed by atoms with Gasteiger partial charge in [0.1, 0.15) is 0 Å². The quantitative estimate of drug-likeness (QED) is 0.853. The fourth-order valence-corrected chi connectivity index (χ4v) is 3.45. The Hall–Kier alpha value is -1.79. The van der Waals surface area contributed by atoms with E-state index in [0.717, 1.165) is 52.5 Å². The van der Waals surface area contributed by atoms with Crippen molar-refractivity contribution in [2.24, 2.45) is 0 Å². The molecular weight excluding hydrogens is 316 g/mol. The van der Waals surface area contributed by atoms with E-state index in [2.05, 4.69) is 33.3 Å². The molecule has 2 amide bonds. The maximum atomic E-state index is 12.4. The Labute approximate surface area is 150 Å². The second kappa shape index (κ2) is 9.06. The molecule has 0 radical (unpaired) electrons. The zero-order chi connectivity index (χ0) is 17.5. The number of rotatable bonds is 6. The lowest BCUT2D eigenvalue weighted by molar-refractivity contribution is 0.0357. The van der Waals surface area contributed by atoms with Gasteiger partial charge in [-0.15, -0.1) is 0 Å². The van der Waals surface area contributed by atoms with Crippen LogP contribution in [0.4, 0.5) is 10.5 Å². The van der Waals surface area contributed by atoms with Crippen LogP contribution >= 0.6 is 0 Å². The number of likely N-dealkylation sites (N-methyl/N-ethyl adjacent to an activating group) is 1. The first-order valence-electron chi connectivity index (χ1n) is 9.36. The Kier molecular flexibility index (Phi) is 6.53. The van der Waals surface area contributed by atoms with Crippen LogP contribution < -0.4 is 10.2 Å². The third-order valence-corrected chi connectivity index (χ3v) is 5.07. The second-order valence-electron chi connectivity index (χ2n) is 6.86. The average Bonchev–Trinajstić information content (AvgIpc) is 3.20. The molecule has 1 N–H and O–H groups in total. The van der Waals surface area contributed by atoms with Gasteiger partial charge in [0.25, 0.3) is 0 Å². The van der Waals surface area contributed by atoms with Crippen LogP contribution in [-0.4, -0.2) is 75.4 Å². The number of urea groups is 1. The van der Waals surface area contributed by atoms with Gasteiger partial charge in [-0.1, -0.05) is 18.2 Å². The van der Waals surface area contributed by atoms with Crippen molar-refractivity contribution in [2.45, 2.75) is 19.4 Å². The summed E-state index contributed by atoms with van der Waals surface area (Å²) in [5.74, 6) is 0. The van der Waals surface area contributed by atoms with E-state index in [1.807, 2.05) is 13.1 Å². The summed E-state index contributed by atoms with van der Waals surface area (Å²) in [6.45, 7) is 7.95. The standard InChI is InChI=1S/C19H30N4O2/c1-21(10-11-22-12-14-25-15-13-22)19(24)20-16-17-6-2-3-7-18(17)23-8-4-5-9-23/h2-3,6-7H,4-5,8-16H2,1H3,(H,20,24). The van der Waals surface area contributed by atoms with Crippen LogP contribution in [0.1, 0.15) is 18.4 Å². The summed E-state index contributed by atoms with van der Waals surface area (Å²) in [4.78, 5) is 18.9. The number of para-hydroxylation sites is 1. The van der Waals surface area contributed by atoms with Crippen molar-refractivity contribution in [1.29, 1.82) is 0 Å². The minimum absolute atomic E-state index is 0.00974. The van der Waals surface area contributed by atoms with Crippen LogP contribution in [0.2, 0.25) is 0 Å². The number of anilines is 1. The summed E-state index contributed by atoms with van der Waals surface area (Å²) in [6, 6.07) is 8.39. The Balaban J connectivity index is 1.46. The molecule has 0 saturated carbocycles. The molecule has 3 rings (SSSR count). The molecule has 1 aromatic carbocycles. The van der Waals surface area contributed by atoms with Crippen molar-refractivity contribution >= 4 is 11.7 Å². The first-order valence-corrected chi connectivity index (χ1v) is 9.36. The van der Waals surface area contributed by atoms with Crippen molar-refractivity contribution in [3.63, 3.8) is 0 Å². The monoisotopic (exact) mass is 346 g/mol. The Bertz CT molecular complexity index is 554. The normalized spacial score (nSPS) is 18.4. The molecule has 2 saturated heterocycles. The zero-order valence-corrected chi connectivity index (χ0v) is 15.2. The molecule has 0 unspecified atom stereocenters. The van der Waals surface area contributed by atoms with Gasteiger partial charge in [-0.25, -0.2) is 4.79 Å². The van der Waals surface area contributed by atoms with Gasteiger partial charge in [-0.2, -0.15) is 0 Å². The fourth-order valence-electron chi connectivity index (χ4n) is 3.45. The van der Waals surface area contributed by atoms with E-state index in [9.17, 15) is 4.79 Å². The number of carbonyl (C=O) groups excluding carboxylic acids is 1. The highest BCUT2D eigenvalue weighted by molar-refractivity contribution is 5.74. The highest BCUT2D eigenvalue weighted by Crippen LogP contribution is 2.24. The van der Waals surface area contributed by atoms with E-state index in [4.69, 9.17) is 4.74 Å². The molecule has 2 aliphatic rings. The van der Waals surface area contributed by atoms with Gasteiger partial charge in [0.15, 0.2) is 0 Å². The fraction of sp³-hybridized carbons (Fsp3) is 0.632. The lowest BCUT2D eigenvalue weighted by atomic mass is 10.1. The van der Waals surface area contributed by atoms with Crippen molar-refractivity contribution in [1.82, 2.24) is 15.1 Å². The molecule has 0 atom stereocenters. The van der Waals surface area contributed by atoms with Crippen molar-refractivity contribution in [3.05, 3.63) is 29.8 Å². The Morgan fingerprint density at radius 1 is 1.16 bits per heavy atom. The Morgan fingerprint density at radius 3 is 2.64 bits per heavy atom. The lowest BCUT2D eigenvalue weighted by Crippen LogP contribution is -2.44. The highest BCUT2D eigenvalue weighted by atomic mass is 16.5. The molecule has 138 valence electrons. The third kappa shape index (κ3) is 5.09. The van der Waals surface area contributed by atoms with E-state index in [1.54, 1.807) is 4.90 Å². The van der Waals surface area contributed by atoms with Crippen LogP contribution in [0.25, 0.3) is 0 Å². The number of hydrogen-bond acceptors (Lipinski definition) is 4. The highest BCUT2D eigenvalue weighted by Gasteiger charge is 2.17. The predicted octanol–water partition coefficient (Wildman–Crippen LogP) is 1.76. The summed E-state index contributed by atoms with van der Waals surface area (Å²) in [5, 5.41) is 3.07. The first-order chi connectivity index (χ1) is 12.2. The molecule has 0 bridgehead atoms. The molecule has 1 aromatic rings. The second-order valence-corrected chi connectivity index (χ2v) is 6.86. The number of carbonyl (C=O) groups is 1. The van der Waals surface area contributed by atoms with Gasteiger partial charge >= 0.3 is 6.03 Å². The van der Waals surface area contributed by atoms with Gasteiger partial charge in [0.05, 0.1) is 13.2 Å². The molecule has 25 heavy (non-hydrogen) atoms. The molecule has 2 aliphatic heterocycles. The molecular formula is C19H30N4O2. The smallest absolute Gasteiger partial charge is 0.317 e. The number of ether oxygens (including phenoxy) is 1. The molecule has 6 heteroatoms. The van der Waals surface area contributed by atoms with E-state index in [-0.39, 0.29) is 6.03 Å². The van der Waals surface area contributed by atoms with Crippen LogP contribution in [0, 0.1) is 0 Å². The van der Waals surface area contributed by atoms with Crippen LogP contribution in [0.15, 0.2) is 24.3 Å². The lowest BCUT2D eigenvalue weighted by Gasteiger charge is -2.28. The number of nitrogens with one attached hydrogen (secondary N) is 1. The summed E-state index contributed by atoms with van der Waals surface area (Å²) in [7, 11) is 1.86. The number of nitrogens with zero attached hydrogens (tertiary/aromatic N) is 3. The van der Waals surface area contributed by atoms with Gasteiger partial charge in [-0.05, 0) is 24.5 Å². The van der Waals surface area contributed by atoms with Crippen LogP contribution in [-0.2, 0) is 11.3 Å². The molecule has 2 fully saturated rings. The zero-order valence-electron chi connectivity index (χ0n) is 15.2. The van der Waals surface area contributed by atoms with Crippen molar-refractivity contribution in [2.75, 3.05) is 64.4 Å². The van der Waals surface area contributed by atoms with Gasteiger partial charge in [0, 0.05) is 58.5 Å². The minimum atomic E-state index is -0.00974. The van der Waals surface area contributed by atoms with E-state index >= 15 is 0 Å². The van der Waals surface area contributed by atoms with E-state index in [0.29, 0.717) is 6.54 Å². The first kappa shape index (κ1) is 18.0. The summed E-state index contributed by atoms with van der Waals surface area (Å²) in [6.07, 6.45) is 2.51. The number of benzene rings is 1. The van der Waals surface area contributed by atoms with E-state index < -0.39 is 0 Å². The largest absolute Gasteiger partial charge is 0.379 e. The topological polar surface area (TPSA) is 48.1 Å². The molecule has 6 nitrogen and oxygen atoms in total.